The van der Waals surface area contributed by atoms with Crippen LogP contribution in [0.1, 0.15) is 25.3 Å². The summed E-state index contributed by atoms with van der Waals surface area (Å²) in [6.45, 7) is 3.88. The molecule has 0 unspecified atom stereocenters. The van der Waals surface area contributed by atoms with Gasteiger partial charge in [-0.3, -0.25) is 0 Å². The Morgan fingerprint density at radius 3 is 3.00 bits per heavy atom. The summed E-state index contributed by atoms with van der Waals surface area (Å²) >= 11 is 5.21. The predicted octanol–water partition coefficient (Wildman–Crippen LogP) is 3.17. The number of hydrogen-bond acceptors (Lipinski definition) is 3. The van der Waals surface area contributed by atoms with Gasteiger partial charge in [0.25, 0.3) is 0 Å². The van der Waals surface area contributed by atoms with Gasteiger partial charge in [-0.25, -0.2) is 0 Å². The molecule has 0 saturated heterocycles. The quantitative estimate of drug-likeness (QED) is 0.899. The predicted molar refractivity (Wildman–Crippen MR) is 67.3 cm³/mol. The third kappa shape index (κ3) is 3.28. The van der Waals surface area contributed by atoms with Crippen molar-refractivity contribution in [2.24, 2.45) is 0 Å². The van der Waals surface area contributed by atoms with Gasteiger partial charge in [-0.1, -0.05) is 0 Å². The minimum absolute atomic E-state index is 0.502. The molecule has 15 heavy (non-hydrogen) atoms. The van der Waals surface area contributed by atoms with Crippen LogP contribution in [0.5, 0.6) is 0 Å². The van der Waals surface area contributed by atoms with Crippen molar-refractivity contribution in [1.29, 1.82) is 0 Å². The van der Waals surface area contributed by atoms with E-state index in [1.54, 1.807) is 11.3 Å². The topological polar surface area (TPSA) is 21.3 Å². The Bertz CT molecular complexity index is 309. The Morgan fingerprint density at radius 1 is 1.60 bits per heavy atom. The highest BCUT2D eigenvalue weighted by Crippen LogP contribution is 2.25. The fourth-order valence-electron chi connectivity index (χ4n) is 1.80. The number of ether oxygens (including phenoxy) is 1. The molecule has 1 aromatic heterocycles. The maximum Gasteiger partial charge on any atom is 0.0701 e. The van der Waals surface area contributed by atoms with Gasteiger partial charge in [0, 0.05) is 19.2 Å². The summed E-state index contributed by atoms with van der Waals surface area (Å²) < 4.78 is 6.73. The second-order valence-electron chi connectivity index (χ2n) is 3.89. The molecular weight excluding hydrogens is 274 g/mol. The Labute approximate surface area is 103 Å². The number of hydrogen-bond donors (Lipinski definition) is 1. The lowest BCUT2D eigenvalue weighted by Crippen LogP contribution is -2.45. The SMILES string of the molecule is CCOC1CC(NCc2csc(Br)c2)C1. The van der Waals surface area contributed by atoms with Crippen LogP contribution in [0, 0.1) is 0 Å². The van der Waals surface area contributed by atoms with Crippen LogP contribution < -0.4 is 5.32 Å². The lowest BCUT2D eigenvalue weighted by molar-refractivity contribution is -0.0102. The van der Waals surface area contributed by atoms with E-state index in [4.69, 9.17) is 4.74 Å². The van der Waals surface area contributed by atoms with Gasteiger partial charge in [-0.05, 0) is 52.7 Å². The van der Waals surface area contributed by atoms with E-state index in [1.807, 2.05) is 0 Å². The van der Waals surface area contributed by atoms with E-state index < -0.39 is 0 Å². The molecule has 2 rings (SSSR count). The van der Waals surface area contributed by atoms with Gasteiger partial charge in [0.1, 0.15) is 0 Å². The van der Waals surface area contributed by atoms with E-state index in [9.17, 15) is 0 Å². The molecule has 0 bridgehead atoms. The van der Waals surface area contributed by atoms with Crippen LogP contribution in [0.4, 0.5) is 0 Å². The van der Waals surface area contributed by atoms with Crippen LogP contribution in [0.25, 0.3) is 0 Å². The van der Waals surface area contributed by atoms with E-state index in [1.165, 1.54) is 22.2 Å². The first kappa shape index (κ1) is 11.6. The van der Waals surface area contributed by atoms with Crippen molar-refractivity contribution in [2.45, 2.75) is 38.5 Å². The molecule has 1 heterocycles. The molecule has 0 radical (unpaired) electrons. The third-order valence-corrected chi connectivity index (χ3v) is 4.27. The van der Waals surface area contributed by atoms with E-state index in [0.717, 1.165) is 13.2 Å². The summed E-state index contributed by atoms with van der Waals surface area (Å²) in [6, 6.07) is 2.83. The molecule has 0 amide bonds. The van der Waals surface area contributed by atoms with Gasteiger partial charge >= 0.3 is 0 Å². The highest BCUT2D eigenvalue weighted by atomic mass is 79.9. The molecule has 1 aliphatic rings. The molecule has 1 aromatic rings. The first-order chi connectivity index (χ1) is 7.28. The molecular formula is C11H16BrNOS. The lowest BCUT2D eigenvalue weighted by Gasteiger charge is -2.35. The summed E-state index contributed by atoms with van der Waals surface area (Å²) in [7, 11) is 0. The van der Waals surface area contributed by atoms with Crippen molar-refractivity contribution < 1.29 is 4.74 Å². The van der Waals surface area contributed by atoms with Crippen LogP contribution in [-0.2, 0) is 11.3 Å². The molecule has 0 atom stereocenters. The Balaban J connectivity index is 1.64. The normalized spacial score (nSPS) is 25.2. The zero-order valence-electron chi connectivity index (χ0n) is 8.83. The number of thiophene rings is 1. The van der Waals surface area contributed by atoms with Gasteiger partial charge in [-0.15, -0.1) is 11.3 Å². The zero-order valence-corrected chi connectivity index (χ0v) is 11.2. The van der Waals surface area contributed by atoms with Crippen LogP contribution in [0.2, 0.25) is 0 Å². The van der Waals surface area contributed by atoms with Crippen LogP contribution in [0.15, 0.2) is 15.2 Å². The Hall–Kier alpha value is 0.100. The summed E-state index contributed by atoms with van der Waals surface area (Å²) in [5.74, 6) is 0. The van der Waals surface area contributed by atoms with Gasteiger partial charge in [0.2, 0.25) is 0 Å². The molecule has 2 nitrogen and oxygen atoms in total. The van der Waals surface area contributed by atoms with Crippen molar-refractivity contribution in [2.75, 3.05) is 6.61 Å². The van der Waals surface area contributed by atoms with Gasteiger partial charge in [0.05, 0.1) is 9.89 Å². The van der Waals surface area contributed by atoms with Crippen LogP contribution in [-0.4, -0.2) is 18.8 Å². The fourth-order valence-corrected chi connectivity index (χ4v) is 3.01. The second kappa shape index (κ2) is 5.43. The molecule has 84 valence electrons. The fraction of sp³-hybridized carbons (Fsp3) is 0.636. The Kier molecular flexibility index (Phi) is 4.20. The lowest BCUT2D eigenvalue weighted by atomic mass is 9.89. The van der Waals surface area contributed by atoms with Crippen molar-refractivity contribution in [3.63, 3.8) is 0 Å². The van der Waals surface area contributed by atoms with Gasteiger partial charge < -0.3 is 10.1 Å². The number of rotatable bonds is 5. The summed E-state index contributed by atoms with van der Waals surface area (Å²) in [4.78, 5) is 0. The van der Waals surface area contributed by atoms with Crippen molar-refractivity contribution >= 4 is 27.3 Å². The van der Waals surface area contributed by atoms with Crippen LogP contribution in [0.3, 0.4) is 0 Å². The molecule has 0 aromatic carbocycles. The monoisotopic (exact) mass is 289 g/mol. The highest BCUT2D eigenvalue weighted by molar-refractivity contribution is 9.11. The molecule has 1 aliphatic carbocycles. The Morgan fingerprint density at radius 2 is 2.40 bits per heavy atom. The average molecular weight is 290 g/mol. The highest BCUT2D eigenvalue weighted by Gasteiger charge is 2.28. The summed E-state index contributed by atoms with van der Waals surface area (Å²) in [5.41, 5.74) is 1.37. The molecule has 1 N–H and O–H groups in total. The smallest absolute Gasteiger partial charge is 0.0701 e. The molecule has 1 fully saturated rings. The maximum absolute atomic E-state index is 5.52. The van der Waals surface area contributed by atoms with Gasteiger partial charge in [0.15, 0.2) is 0 Å². The van der Waals surface area contributed by atoms with E-state index in [-0.39, 0.29) is 0 Å². The van der Waals surface area contributed by atoms with E-state index >= 15 is 0 Å². The molecule has 0 aliphatic heterocycles. The number of halogens is 1. The zero-order chi connectivity index (χ0) is 10.7. The van der Waals surface area contributed by atoms with E-state index in [2.05, 4.69) is 39.6 Å². The molecule has 4 heteroatoms. The first-order valence-electron chi connectivity index (χ1n) is 5.36. The first-order valence-corrected chi connectivity index (χ1v) is 7.03. The van der Waals surface area contributed by atoms with E-state index in [0.29, 0.717) is 12.1 Å². The maximum atomic E-state index is 5.52. The summed E-state index contributed by atoms with van der Waals surface area (Å²) in [5, 5.41) is 5.73. The minimum Gasteiger partial charge on any atom is -0.378 e. The molecule has 0 spiro atoms. The van der Waals surface area contributed by atoms with Crippen molar-refractivity contribution in [3.8, 4) is 0 Å². The van der Waals surface area contributed by atoms with Gasteiger partial charge in [-0.2, -0.15) is 0 Å². The second-order valence-corrected chi connectivity index (χ2v) is 6.18. The average Bonchev–Trinajstić information content (AvgIpc) is 2.55. The van der Waals surface area contributed by atoms with Crippen molar-refractivity contribution in [1.82, 2.24) is 5.32 Å². The van der Waals surface area contributed by atoms with Crippen molar-refractivity contribution in [3.05, 3.63) is 20.8 Å². The number of nitrogens with one attached hydrogen (secondary N) is 1. The summed E-state index contributed by atoms with van der Waals surface area (Å²) in [6.07, 6.45) is 2.83. The molecule has 1 saturated carbocycles. The largest absolute Gasteiger partial charge is 0.378 e. The third-order valence-electron chi connectivity index (χ3n) is 2.71. The standard InChI is InChI=1S/C11H16BrNOS/c1-2-14-10-4-9(5-10)13-6-8-3-11(12)15-7-8/h3,7,9-10,13H,2,4-6H2,1H3. The minimum atomic E-state index is 0.502. The van der Waals surface area contributed by atoms with Crippen LogP contribution >= 0.6 is 27.3 Å².